The van der Waals surface area contributed by atoms with E-state index in [1.165, 1.54) is 12.5 Å². The Morgan fingerprint density at radius 1 is 0.875 bits per heavy atom. The highest BCUT2D eigenvalue weighted by Gasteiger charge is 2.17. The molecule has 0 aromatic carbocycles. The fraction of sp³-hybridized carbons (Fsp3) is 0.500. The van der Waals surface area contributed by atoms with Gasteiger partial charge in [-0.25, -0.2) is 0 Å². The number of Topliss-reactive ketones (excluding diaryl/α,β-unsaturated/α-hetero) is 2. The van der Waals surface area contributed by atoms with Crippen molar-refractivity contribution >= 4 is 11.6 Å². The molecule has 4 heteroatoms. The van der Waals surface area contributed by atoms with Gasteiger partial charge in [0.2, 0.25) is 11.6 Å². The third-order valence-corrected chi connectivity index (χ3v) is 1.78. The van der Waals surface area contributed by atoms with E-state index >= 15 is 0 Å². The Kier molecular flexibility index (Phi) is 6.92. The Balaban J connectivity index is 4.55. The molecule has 0 radical (unpaired) electrons. The Morgan fingerprint density at radius 3 is 1.44 bits per heavy atom. The molecule has 0 heterocycles. The number of carbonyl (C=O) groups excluding carboxylic acids is 2. The van der Waals surface area contributed by atoms with Gasteiger partial charge < -0.3 is 9.47 Å². The summed E-state index contributed by atoms with van der Waals surface area (Å²) in [5.74, 6) is -1.14. The number of rotatable bonds is 7. The van der Waals surface area contributed by atoms with Crippen molar-refractivity contribution in [2.45, 2.75) is 27.7 Å². The van der Waals surface area contributed by atoms with Gasteiger partial charge in [-0.3, -0.25) is 9.59 Å². The van der Waals surface area contributed by atoms with Crippen LogP contribution in [0.5, 0.6) is 0 Å². The van der Waals surface area contributed by atoms with Crippen molar-refractivity contribution in [3.05, 3.63) is 23.7 Å². The largest absolute Gasteiger partial charge is 0.501 e. The second-order valence-electron chi connectivity index (χ2n) is 3.17. The van der Waals surface area contributed by atoms with E-state index in [-0.39, 0.29) is 11.1 Å². The Bertz CT molecular complexity index is 281. The molecule has 0 unspecified atom stereocenters. The molecule has 0 N–H and O–H groups in total. The van der Waals surface area contributed by atoms with Gasteiger partial charge in [0, 0.05) is 11.1 Å². The first-order valence-corrected chi connectivity index (χ1v) is 5.20. The lowest BCUT2D eigenvalue weighted by Crippen LogP contribution is -2.16. The number of carbonyl (C=O) groups is 2. The molecule has 0 aliphatic heterocycles. The third kappa shape index (κ3) is 4.77. The minimum atomic E-state index is -0.568. The SMILES string of the molecule is CCO/C=C(\C)C(=O)C(=O)/C(C)=C/OCC. The number of ether oxygens (including phenoxy) is 2. The lowest BCUT2D eigenvalue weighted by Gasteiger charge is -2.02. The quantitative estimate of drug-likeness (QED) is 0.378. The molecule has 0 aromatic heterocycles. The maximum Gasteiger partial charge on any atom is 0.232 e. The van der Waals surface area contributed by atoms with Crippen LogP contribution in [0.2, 0.25) is 0 Å². The summed E-state index contributed by atoms with van der Waals surface area (Å²) in [6.07, 6.45) is 2.60. The predicted octanol–water partition coefficient (Wildman–Crippen LogP) is 2.01. The van der Waals surface area contributed by atoms with Crippen molar-refractivity contribution < 1.29 is 19.1 Å². The van der Waals surface area contributed by atoms with Crippen molar-refractivity contribution in [3.8, 4) is 0 Å². The van der Waals surface area contributed by atoms with Crippen LogP contribution >= 0.6 is 0 Å². The highest BCUT2D eigenvalue weighted by molar-refractivity contribution is 6.48. The van der Waals surface area contributed by atoms with Crippen LogP contribution in [0, 0.1) is 0 Å². The summed E-state index contributed by atoms with van der Waals surface area (Å²) in [5.41, 5.74) is 0.576. The Morgan fingerprint density at radius 2 is 1.19 bits per heavy atom. The first-order valence-electron chi connectivity index (χ1n) is 5.20. The molecule has 0 fully saturated rings. The van der Waals surface area contributed by atoms with Crippen molar-refractivity contribution in [1.82, 2.24) is 0 Å². The minimum Gasteiger partial charge on any atom is -0.501 e. The van der Waals surface area contributed by atoms with Gasteiger partial charge in [-0.15, -0.1) is 0 Å². The number of allylic oxidation sites excluding steroid dienone is 2. The molecule has 0 aliphatic rings. The molecule has 0 aromatic rings. The van der Waals surface area contributed by atoms with Crippen LogP contribution in [-0.2, 0) is 19.1 Å². The summed E-state index contributed by atoms with van der Waals surface area (Å²) in [7, 11) is 0. The van der Waals surface area contributed by atoms with Gasteiger partial charge in [0.25, 0.3) is 0 Å². The molecular weight excluding hydrogens is 208 g/mol. The number of ketones is 2. The van der Waals surface area contributed by atoms with Crippen molar-refractivity contribution in [3.63, 3.8) is 0 Å². The zero-order valence-electron chi connectivity index (χ0n) is 10.2. The summed E-state index contributed by atoms with van der Waals surface area (Å²) in [6.45, 7) is 7.62. The standard InChI is InChI=1S/C12H18O4/c1-5-15-7-9(3)11(13)12(14)10(4)8-16-6-2/h7-8H,5-6H2,1-4H3/b9-7+,10-8+. The fourth-order valence-corrected chi connectivity index (χ4v) is 0.882. The van der Waals surface area contributed by atoms with Crippen LogP contribution in [-0.4, -0.2) is 24.8 Å². The first-order chi connectivity index (χ1) is 7.54. The van der Waals surface area contributed by atoms with E-state index in [0.29, 0.717) is 13.2 Å². The Hall–Kier alpha value is -1.58. The van der Waals surface area contributed by atoms with E-state index < -0.39 is 11.6 Å². The molecule has 4 nitrogen and oxygen atoms in total. The van der Waals surface area contributed by atoms with Gasteiger partial charge in [-0.2, -0.15) is 0 Å². The summed E-state index contributed by atoms with van der Waals surface area (Å²) < 4.78 is 9.88. The van der Waals surface area contributed by atoms with E-state index in [9.17, 15) is 9.59 Å². The number of hydrogen-bond donors (Lipinski definition) is 0. The van der Waals surface area contributed by atoms with Gasteiger partial charge in [0.15, 0.2) is 0 Å². The molecule has 0 saturated carbocycles. The fourth-order valence-electron chi connectivity index (χ4n) is 0.882. The molecule has 0 aliphatic carbocycles. The third-order valence-electron chi connectivity index (χ3n) is 1.78. The lowest BCUT2D eigenvalue weighted by molar-refractivity contribution is -0.132. The molecular formula is C12H18O4. The second kappa shape index (κ2) is 7.68. The van der Waals surface area contributed by atoms with Gasteiger partial charge in [0.1, 0.15) is 0 Å². The van der Waals surface area contributed by atoms with Gasteiger partial charge >= 0.3 is 0 Å². The van der Waals surface area contributed by atoms with Crippen LogP contribution < -0.4 is 0 Å². The molecule has 0 amide bonds. The van der Waals surface area contributed by atoms with Gasteiger partial charge in [0.05, 0.1) is 25.7 Å². The van der Waals surface area contributed by atoms with E-state index in [1.807, 2.05) is 0 Å². The predicted molar refractivity (Wildman–Crippen MR) is 60.8 cm³/mol. The number of hydrogen-bond acceptors (Lipinski definition) is 4. The lowest BCUT2D eigenvalue weighted by atomic mass is 10.1. The van der Waals surface area contributed by atoms with Gasteiger partial charge in [-0.05, 0) is 27.7 Å². The molecule has 0 atom stereocenters. The van der Waals surface area contributed by atoms with E-state index in [4.69, 9.17) is 9.47 Å². The average Bonchev–Trinajstić information content (AvgIpc) is 2.30. The summed E-state index contributed by atoms with van der Waals surface area (Å²) in [4.78, 5) is 23.1. The van der Waals surface area contributed by atoms with Crippen molar-refractivity contribution in [1.29, 1.82) is 0 Å². The zero-order chi connectivity index (χ0) is 12.6. The smallest absolute Gasteiger partial charge is 0.232 e. The maximum atomic E-state index is 11.6. The molecule has 16 heavy (non-hydrogen) atoms. The topological polar surface area (TPSA) is 52.6 Å². The Labute approximate surface area is 95.9 Å². The summed E-state index contributed by atoms with van der Waals surface area (Å²) >= 11 is 0. The summed E-state index contributed by atoms with van der Waals surface area (Å²) in [5, 5.41) is 0. The van der Waals surface area contributed by atoms with Crippen LogP contribution in [0.15, 0.2) is 23.7 Å². The van der Waals surface area contributed by atoms with Crippen LogP contribution in [0.4, 0.5) is 0 Å². The minimum absolute atomic E-state index is 0.288. The molecule has 0 saturated heterocycles. The molecule has 0 bridgehead atoms. The van der Waals surface area contributed by atoms with Crippen molar-refractivity contribution in [2.24, 2.45) is 0 Å². The monoisotopic (exact) mass is 226 g/mol. The van der Waals surface area contributed by atoms with Crippen molar-refractivity contribution in [2.75, 3.05) is 13.2 Å². The first kappa shape index (κ1) is 14.4. The molecule has 90 valence electrons. The molecule has 0 spiro atoms. The normalized spacial score (nSPS) is 12.2. The van der Waals surface area contributed by atoms with Crippen LogP contribution in [0.25, 0.3) is 0 Å². The van der Waals surface area contributed by atoms with E-state index in [1.54, 1.807) is 27.7 Å². The van der Waals surface area contributed by atoms with Crippen LogP contribution in [0.3, 0.4) is 0 Å². The molecule has 0 rings (SSSR count). The maximum absolute atomic E-state index is 11.6. The zero-order valence-corrected chi connectivity index (χ0v) is 10.2. The van der Waals surface area contributed by atoms with Crippen LogP contribution in [0.1, 0.15) is 27.7 Å². The second-order valence-corrected chi connectivity index (χ2v) is 3.17. The average molecular weight is 226 g/mol. The summed E-state index contributed by atoms with van der Waals surface area (Å²) in [6, 6.07) is 0. The van der Waals surface area contributed by atoms with E-state index in [0.717, 1.165) is 0 Å². The van der Waals surface area contributed by atoms with E-state index in [2.05, 4.69) is 0 Å². The highest BCUT2D eigenvalue weighted by Crippen LogP contribution is 2.04. The van der Waals surface area contributed by atoms with Gasteiger partial charge in [-0.1, -0.05) is 0 Å². The highest BCUT2D eigenvalue weighted by atomic mass is 16.5.